The van der Waals surface area contributed by atoms with Crippen LogP contribution >= 0.6 is 0 Å². The fraction of sp³-hybridized carbons (Fsp3) is 0.429. The molecule has 7 heteroatoms. The summed E-state index contributed by atoms with van der Waals surface area (Å²) >= 11 is 0. The van der Waals surface area contributed by atoms with Crippen LogP contribution in [0.1, 0.15) is 6.92 Å². The van der Waals surface area contributed by atoms with E-state index in [1.165, 1.54) is 25.6 Å². The fourth-order valence-corrected chi connectivity index (χ4v) is 1.55. The second-order valence-corrected chi connectivity index (χ2v) is 4.87. The molecule has 78 valence electrons. The molecule has 1 rings (SSSR count). The number of nitrogens with one attached hydrogen (secondary N) is 1. The van der Waals surface area contributed by atoms with Gasteiger partial charge in [0.05, 0.1) is 24.7 Å². The third-order valence-corrected chi connectivity index (χ3v) is 3.34. The zero-order valence-corrected chi connectivity index (χ0v) is 8.40. The van der Waals surface area contributed by atoms with Crippen LogP contribution in [-0.4, -0.2) is 35.3 Å². The van der Waals surface area contributed by atoms with E-state index in [4.69, 9.17) is 5.11 Å². The normalized spacial score (nSPS) is 13.6. The van der Waals surface area contributed by atoms with E-state index in [0.717, 1.165) is 0 Å². The number of hydrogen-bond acceptors (Lipinski definition) is 5. The van der Waals surface area contributed by atoms with Gasteiger partial charge in [-0.2, -0.15) is 0 Å². The van der Waals surface area contributed by atoms with Crippen LogP contribution in [0.15, 0.2) is 18.7 Å². The van der Waals surface area contributed by atoms with E-state index in [-0.39, 0.29) is 5.69 Å². The Labute approximate surface area is 82.1 Å². The SMILES string of the molecule is CC(CO)S(=O)(=O)Nc1cncnc1. The summed E-state index contributed by atoms with van der Waals surface area (Å²) < 4.78 is 25.1. The van der Waals surface area contributed by atoms with Crippen molar-refractivity contribution >= 4 is 15.7 Å². The van der Waals surface area contributed by atoms with Crippen LogP contribution in [0.3, 0.4) is 0 Å². The Balaban J connectivity index is 2.79. The molecule has 0 aliphatic carbocycles. The first-order valence-electron chi connectivity index (χ1n) is 3.94. The van der Waals surface area contributed by atoms with Crippen LogP contribution < -0.4 is 4.72 Å². The molecule has 1 unspecified atom stereocenters. The lowest BCUT2D eigenvalue weighted by atomic mass is 10.5. The summed E-state index contributed by atoms with van der Waals surface area (Å²) in [6.07, 6.45) is 3.98. The topological polar surface area (TPSA) is 92.2 Å². The zero-order valence-electron chi connectivity index (χ0n) is 7.58. The molecular weight excluding hydrogens is 206 g/mol. The molecule has 0 saturated carbocycles. The van der Waals surface area contributed by atoms with Gasteiger partial charge in [0.2, 0.25) is 10.0 Å². The van der Waals surface area contributed by atoms with E-state index in [2.05, 4.69) is 14.7 Å². The van der Waals surface area contributed by atoms with Crippen molar-refractivity contribution in [3.63, 3.8) is 0 Å². The molecule has 0 amide bonds. The minimum atomic E-state index is -3.54. The van der Waals surface area contributed by atoms with E-state index in [0.29, 0.717) is 0 Å². The summed E-state index contributed by atoms with van der Waals surface area (Å²) in [6, 6.07) is 0. The maximum Gasteiger partial charge on any atom is 0.237 e. The Bertz CT molecular complexity index is 378. The molecule has 0 fully saturated rings. The molecule has 6 nitrogen and oxygen atoms in total. The molecule has 0 aliphatic rings. The highest BCUT2D eigenvalue weighted by Crippen LogP contribution is 2.07. The third-order valence-electron chi connectivity index (χ3n) is 1.61. The van der Waals surface area contributed by atoms with E-state index in [9.17, 15) is 8.42 Å². The maximum absolute atomic E-state index is 11.4. The predicted octanol–water partition coefficient (Wildman–Crippen LogP) is -0.401. The van der Waals surface area contributed by atoms with Crippen LogP contribution in [0.2, 0.25) is 0 Å². The number of aromatic nitrogens is 2. The summed E-state index contributed by atoms with van der Waals surface area (Å²) in [5, 5.41) is 7.84. The number of rotatable bonds is 4. The van der Waals surface area contributed by atoms with Crippen LogP contribution in [0.5, 0.6) is 0 Å². The summed E-state index contributed by atoms with van der Waals surface area (Å²) in [5.74, 6) is 0. The number of sulfonamides is 1. The lowest BCUT2D eigenvalue weighted by Crippen LogP contribution is -2.28. The van der Waals surface area contributed by atoms with Crippen molar-refractivity contribution in [1.82, 2.24) is 9.97 Å². The lowest BCUT2D eigenvalue weighted by Gasteiger charge is -2.11. The Hall–Kier alpha value is -1.21. The number of anilines is 1. The van der Waals surface area contributed by atoms with Crippen molar-refractivity contribution in [2.24, 2.45) is 0 Å². The Morgan fingerprint density at radius 3 is 2.57 bits per heavy atom. The van der Waals surface area contributed by atoms with Crippen LogP contribution in [0, 0.1) is 0 Å². The molecule has 2 N–H and O–H groups in total. The van der Waals surface area contributed by atoms with Gasteiger partial charge in [0.25, 0.3) is 0 Å². The molecule has 1 aromatic rings. The Morgan fingerprint density at radius 1 is 1.50 bits per heavy atom. The van der Waals surface area contributed by atoms with Gasteiger partial charge in [0.1, 0.15) is 11.6 Å². The average molecular weight is 217 g/mol. The first-order valence-corrected chi connectivity index (χ1v) is 5.48. The summed E-state index contributed by atoms with van der Waals surface area (Å²) in [5.41, 5.74) is 0.285. The molecule has 0 radical (unpaired) electrons. The van der Waals surface area contributed by atoms with Gasteiger partial charge in [-0.05, 0) is 6.92 Å². The minimum absolute atomic E-state index is 0.285. The molecule has 0 aliphatic heterocycles. The monoisotopic (exact) mass is 217 g/mol. The van der Waals surface area contributed by atoms with Crippen molar-refractivity contribution < 1.29 is 13.5 Å². The van der Waals surface area contributed by atoms with Crippen molar-refractivity contribution in [2.75, 3.05) is 11.3 Å². The van der Waals surface area contributed by atoms with Crippen LogP contribution in [0.4, 0.5) is 5.69 Å². The lowest BCUT2D eigenvalue weighted by molar-refractivity contribution is 0.296. The van der Waals surface area contributed by atoms with Crippen molar-refractivity contribution in [1.29, 1.82) is 0 Å². The second-order valence-electron chi connectivity index (χ2n) is 2.77. The number of nitrogens with zero attached hydrogens (tertiary/aromatic N) is 2. The highest BCUT2D eigenvalue weighted by molar-refractivity contribution is 7.93. The highest BCUT2D eigenvalue weighted by Gasteiger charge is 2.19. The van der Waals surface area contributed by atoms with Gasteiger partial charge in [0.15, 0.2) is 0 Å². The van der Waals surface area contributed by atoms with Crippen molar-refractivity contribution in [3.8, 4) is 0 Å². The Morgan fingerprint density at radius 2 is 2.07 bits per heavy atom. The van der Waals surface area contributed by atoms with Gasteiger partial charge in [-0.3, -0.25) is 4.72 Å². The quantitative estimate of drug-likeness (QED) is 0.715. The molecular formula is C7H11N3O3S. The van der Waals surface area contributed by atoms with Crippen molar-refractivity contribution in [2.45, 2.75) is 12.2 Å². The van der Waals surface area contributed by atoms with Crippen molar-refractivity contribution in [3.05, 3.63) is 18.7 Å². The number of aliphatic hydroxyl groups is 1. The van der Waals surface area contributed by atoms with Gasteiger partial charge in [-0.25, -0.2) is 18.4 Å². The number of hydrogen-bond donors (Lipinski definition) is 2. The van der Waals surface area contributed by atoms with Crippen LogP contribution in [-0.2, 0) is 10.0 Å². The number of aliphatic hydroxyl groups excluding tert-OH is 1. The molecule has 0 aromatic carbocycles. The molecule has 14 heavy (non-hydrogen) atoms. The standard InChI is InChI=1S/C7H11N3O3S/c1-6(4-11)14(12,13)10-7-2-8-5-9-3-7/h2-3,5-6,10-11H,4H2,1H3. The second kappa shape index (κ2) is 4.34. The average Bonchev–Trinajstić information content (AvgIpc) is 2.17. The smallest absolute Gasteiger partial charge is 0.237 e. The van der Waals surface area contributed by atoms with E-state index in [1.807, 2.05) is 0 Å². The molecule has 0 bridgehead atoms. The molecule has 0 saturated heterocycles. The first-order chi connectivity index (χ1) is 6.56. The van der Waals surface area contributed by atoms with E-state index >= 15 is 0 Å². The largest absolute Gasteiger partial charge is 0.395 e. The molecule has 1 aromatic heterocycles. The predicted molar refractivity (Wildman–Crippen MR) is 51.1 cm³/mol. The first kappa shape index (κ1) is 10.9. The molecule has 1 heterocycles. The fourth-order valence-electron chi connectivity index (χ4n) is 0.715. The minimum Gasteiger partial charge on any atom is -0.395 e. The summed E-state index contributed by atoms with van der Waals surface area (Å²) in [6.45, 7) is 0.981. The molecule has 1 atom stereocenters. The van der Waals surface area contributed by atoms with Crippen LogP contribution in [0.25, 0.3) is 0 Å². The van der Waals surface area contributed by atoms with Gasteiger partial charge in [-0.15, -0.1) is 0 Å². The van der Waals surface area contributed by atoms with Gasteiger partial charge in [-0.1, -0.05) is 0 Å². The highest BCUT2D eigenvalue weighted by atomic mass is 32.2. The van der Waals surface area contributed by atoms with E-state index in [1.54, 1.807) is 0 Å². The van der Waals surface area contributed by atoms with Gasteiger partial charge >= 0.3 is 0 Å². The molecule has 0 spiro atoms. The van der Waals surface area contributed by atoms with E-state index < -0.39 is 21.9 Å². The maximum atomic E-state index is 11.4. The Kier molecular flexibility index (Phi) is 3.37. The summed E-state index contributed by atoms with van der Waals surface area (Å²) in [7, 11) is -3.54. The van der Waals surface area contributed by atoms with Gasteiger partial charge < -0.3 is 5.11 Å². The third kappa shape index (κ3) is 2.64. The van der Waals surface area contributed by atoms with Gasteiger partial charge in [0, 0.05) is 0 Å². The summed E-state index contributed by atoms with van der Waals surface area (Å²) in [4.78, 5) is 7.31. The zero-order chi connectivity index (χ0) is 10.6.